The van der Waals surface area contributed by atoms with Crippen LogP contribution in [0.15, 0.2) is 95.4 Å². The Labute approximate surface area is 255 Å². The van der Waals surface area contributed by atoms with Gasteiger partial charge in [0.05, 0.1) is 11.3 Å². The maximum absolute atomic E-state index is 13.7. The number of furan rings is 1. The molecular weight excluding hydrogens is 555 g/mol. The highest BCUT2D eigenvalue weighted by atomic mass is 19.1. The van der Waals surface area contributed by atoms with Crippen molar-refractivity contribution >= 4 is 28.5 Å². The standard InChI is InChI=1S/C36H33FN4O3/c1-5-41(22-38)30-20-31-29(32(35(43)39-4)33(44-31)23-14-16-27(37)17-15-23)19-28(30)24-10-9-11-25(18-24)34(42)40-21-36(2,3)26-12-7-6-8-13-26/h6-20H,5,21H2,1-4H3,(H,39,43)(H,40,42). The highest BCUT2D eigenvalue weighted by Gasteiger charge is 2.25. The number of hydrogen-bond acceptors (Lipinski definition) is 5. The predicted octanol–water partition coefficient (Wildman–Crippen LogP) is 7.28. The van der Waals surface area contributed by atoms with E-state index in [0.29, 0.717) is 57.6 Å². The molecule has 0 unspecified atom stereocenters. The second-order valence-electron chi connectivity index (χ2n) is 11.1. The van der Waals surface area contributed by atoms with Crippen LogP contribution < -0.4 is 15.5 Å². The Morgan fingerprint density at radius 2 is 1.66 bits per heavy atom. The van der Waals surface area contributed by atoms with E-state index in [9.17, 15) is 19.2 Å². The van der Waals surface area contributed by atoms with Crippen molar-refractivity contribution in [2.45, 2.75) is 26.2 Å². The average Bonchev–Trinajstić information content (AvgIpc) is 3.42. The van der Waals surface area contributed by atoms with Crippen molar-refractivity contribution in [2.24, 2.45) is 0 Å². The number of anilines is 1. The lowest BCUT2D eigenvalue weighted by Gasteiger charge is -2.25. The molecule has 0 fully saturated rings. The molecule has 0 aliphatic rings. The smallest absolute Gasteiger partial charge is 0.255 e. The Morgan fingerprint density at radius 3 is 2.32 bits per heavy atom. The van der Waals surface area contributed by atoms with Crippen LogP contribution in [0.25, 0.3) is 33.4 Å². The summed E-state index contributed by atoms with van der Waals surface area (Å²) < 4.78 is 19.9. The van der Waals surface area contributed by atoms with E-state index in [-0.39, 0.29) is 23.0 Å². The number of benzene rings is 4. The van der Waals surface area contributed by atoms with Crippen LogP contribution in [-0.4, -0.2) is 32.0 Å². The third-order valence-corrected chi connectivity index (χ3v) is 7.78. The molecule has 1 heterocycles. The fourth-order valence-corrected chi connectivity index (χ4v) is 5.26. The minimum atomic E-state index is -0.406. The van der Waals surface area contributed by atoms with Crippen molar-refractivity contribution in [1.82, 2.24) is 10.6 Å². The lowest BCUT2D eigenvalue weighted by molar-refractivity contribution is 0.0943. The predicted molar refractivity (Wildman–Crippen MR) is 171 cm³/mol. The number of amides is 2. The van der Waals surface area contributed by atoms with Crippen molar-refractivity contribution in [1.29, 1.82) is 5.26 Å². The topological polar surface area (TPSA) is 98.4 Å². The van der Waals surface area contributed by atoms with E-state index >= 15 is 0 Å². The summed E-state index contributed by atoms with van der Waals surface area (Å²) in [5.41, 5.74) is 4.43. The zero-order valence-electron chi connectivity index (χ0n) is 25.1. The monoisotopic (exact) mass is 588 g/mol. The molecule has 0 saturated carbocycles. The summed E-state index contributed by atoms with van der Waals surface area (Å²) in [7, 11) is 1.53. The highest BCUT2D eigenvalue weighted by Crippen LogP contribution is 2.41. The van der Waals surface area contributed by atoms with Gasteiger partial charge in [0, 0.05) is 53.7 Å². The second-order valence-corrected chi connectivity index (χ2v) is 11.1. The number of nitrogens with one attached hydrogen (secondary N) is 2. The molecule has 222 valence electrons. The third-order valence-electron chi connectivity index (χ3n) is 7.78. The van der Waals surface area contributed by atoms with E-state index in [1.54, 1.807) is 42.5 Å². The number of halogens is 1. The minimum Gasteiger partial charge on any atom is -0.455 e. The zero-order chi connectivity index (χ0) is 31.4. The van der Waals surface area contributed by atoms with E-state index in [0.717, 1.165) is 5.56 Å². The van der Waals surface area contributed by atoms with Crippen molar-refractivity contribution < 1.29 is 18.4 Å². The van der Waals surface area contributed by atoms with Crippen molar-refractivity contribution in [2.75, 3.05) is 25.0 Å². The Morgan fingerprint density at radius 1 is 0.932 bits per heavy atom. The number of nitriles is 1. The largest absolute Gasteiger partial charge is 0.455 e. The van der Waals surface area contributed by atoms with Crippen LogP contribution in [0, 0.1) is 17.3 Å². The van der Waals surface area contributed by atoms with Crippen LogP contribution in [0.5, 0.6) is 0 Å². The van der Waals surface area contributed by atoms with E-state index in [4.69, 9.17) is 4.42 Å². The molecule has 7 nitrogen and oxygen atoms in total. The quantitative estimate of drug-likeness (QED) is 0.139. The Hall–Kier alpha value is -5.42. The van der Waals surface area contributed by atoms with Crippen molar-refractivity contribution in [3.63, 3.8) is 0 Å². The Bertz CT molecular complexity index is 1870. The minimum absolute atomic E-state index is 0.223. The van der Waals surface area contributed by atoms with Crippen LogP contribution in [0.4, 0.5) is 10.1 Å². The number of carbonyl (C=O) groups excluding carboxylic acids is 2. The first kappa shape index (κ1) is 30.1. The lowest BCUT2D eigenvalue weighted by atomic mass is 9.84. The van der Waals surface area contributed by atoms with Gasteiger partial charge in [-0.1, -0.05) is 56.3 Å². The first-order valence-electron chi connectivity index (χ1n) is 14.4. The molecule has 1 aromatic heterocycles. The van der Waals surface area contributed by atoms with Crippen LogP contribution in [-0.2, 0) is 5.41 Å². The molecule has 0 aliphatic carbocycles. The number of nitrogens with zero attached hydrogens (tertiary/aromatic N) is 2. The molecule has 5 aromatic rings. The molecule has 0 radical (unpaired) electrons. The Balaban J connectivity index is 1.59. The van der Waals surface area contributed by atoms with Crippen molar-refractivity contribution in [3.8, 4) is 28.6 Å². The van der Waals surface area contributed by atoms with Gasteiger partial charge >= 0.3 is 0 Å². The van der Waals surface area contributed by atoms with Gasteiger partial charge in [0.1, 0.15) is 17.2 Å². The molecule has 0 bridgehead atoms. The first-order chi connectivity index (χ1) is 21.2. The summed E-state index contributed by atoms with van der Waals surface area (Å²) in [6.07, 6.45) is 2.22. The summed E-state index contributed by atoms with van der Waals surface area (Å²) in [5, 5.41) is 16.2. The fraction of sp³-hybridized carbons (Fsp3) is 0.194. The number of hydrogen-bond donors (Lipinski definition) is 2. The number of rotatable bonds is 9. The van der Waals surface area contributed by atoms with Crippen LogP contribution in [0.2, 0.25) is 0 Å². The third kappa shape index (κ3) is 5.90. The molecule has 4 aromatic carbocycles. The number of fused-ring (bicyclic) bond motifs is 1. The van der Waals surface area contributed by atoms with Gasteiger partial charge in [-0.2, -0.15) is 5.26 Å². The average molecular weight is 589 g/mol. The SMILES string of the molecule is CCN(C#N)c1cc2oc(-c3ccc(F)cc3)c(C(=O)NC)c2cc1-c1cccc(C(=O)NCC(C)(C)c2ccccc2)c1. The summed E-state index contributed by atoms with van der Waals surface area (Å²) in [5.74, 6) is -0.713. The molecule has 8 heteroatoms. The molecular formula is C36H33FN4O3. The van der Waals surface area contributed by atoms with Gasteiger partial charge in [-0.05, 0) is 60.5 Å². The lowest BCUT2D eigenvalue weighted by Crippen LogP contribution is -2.36. The zero-order valence-corrected chi connectivity index (χ0v) is 25.1. The van der Waals surface area contributed by atoms with Gasteiger partial charge in [-0.3, -0.25) is 14.5 Å². The van der Waals surface area contributed by atoms with E-state index in [1.165, 1.54) is 24.1 Å². The summed E-state index contributed by atoms with van der Waals surface area (Å²) in [6, 6.07) is 26.4. The molecule has 5 rings (SSSR count). The van der Waals surface area contributed by atoms with Gasteiger partial charge in [-0.15, -0.1) is 0 Å². The van der Waals surface area contributed by atoms with Crippen molar-refractivity contribution in [3.05, 3.63) is 114 Å². The Kier molecular flexibility index (Phi) is 8.50. The fourth-order valence-electron chi connectivity index (χ4n) is 5.26. The maximum Gasteiger partial charge on any atom is 0.255 e. The van der Waals surface area contributed by atoms with E-state index in [2.05, 4.69) is 30.7 Å². The molecule has 44 heavy (non-hydrogen) atoms. The normalized spacial score (nSPS) is 11.2. The maximum atomic E-state index is 13.7. The molecule has 2 amide bonds. The van der Waals surface area contributed by atoms with Crippen LogP contribution >= 0.6 is 0 Å². The molecule has 0 atom stereocenters. The van der Waals surface area contributed by atoms with Gasteiger partial charge < -0.3 is 15.1 Å². The molecule has 0 aliphatic heterocycles. The van der Waals surface area contributed by atoms with E-state index < -0.39 is 5.82 Å². The van der Waals surface area contributed by atoms with Crippen LogP contribution in [0.3, 0.4) is 0 Å². The first-order valence-corrected chi connectivity index (χ1v) is 14.4. The van der Waals surface area contributed by atoms with Gasteiger partial charge in [0.15, 0.2) is 6.19 Å². The van der Waals surface area contributed by atoms with Gasteiger partial charge in [-0.25, -0.2) is 4.39 Å². The molecule has 0 saturated heterocycles. The van der Waals surface area contributed by atoms with Crippen LogP contribution in [0.1, 0.15) is 47.1 Å². The van der Waals surface area contributed by atoms with E-state index in [1.807, 2.05) is 43.3 Å². The highest BCUT2D eigenvalue weighted by molar-refractivity contribution is 6.13. The molecule has 2 N–H and O–H groups in total. The summed E-state index contributed by atoms with van der Waals surface area (Å²) in [6.45, 7) is 6.84. The second kappa shape index (κ2) is 12.4. The summed E-state index contributed by atoms with van der Waals surface area (Å²) >= 11 is 0. The van der Waals surface area contributed by atoms with Gasteiger partial charge in [0.25, 0.3) is 11.8 Å². The molecule has 0 spiro atoms. The van der Waals surface area contributed by atoms with Gasteiger partial charge in [0.2, 0.25) is 0 Å². The summed E-state index contributed by atoms with van der Waals surface area (Å²) in [4.78, 5) is 28.0. The number of carbonyl (C=O) groups is 2.